The molecule has 0 spiro atoms. The molecule has 3 aromatic rings. The first-order valence-electron chi connectivity index (χ1n) is 15.5. The van der Waals surface area contributed by atoms with Crippen LogP contribution in [0.3, 0.4) is 0 Å². The molecule has 2 aliphatic rings. The second-order valence-corrected chi connectivity index (χ2v) is 13.0. The Morgan fingerprint density at radius 2 is 1.77 bits per heavy atom. The summed E-state index contributed by atoms with van der Waals surface area (Å²) in [5.74, 6) is 2.17. The first kappa shape index (κ1) is 30.4. The number of allylic oxidation sites excluding steroid dienone is 1. The second kappa shape index (κ2) is 13.1. The molecule has 43 heavy (non-hydrogen) atoms. The van der Waals surface area contributed by atoms with E-state index in [2.05, 4.69) is 38.0 Å². The molecule has 5 rings (SSSR count). The molecule has 1 aliphatic heterocycles. The Labute approximate surface area is 254 Å². The van der Waals surface area contributed by atoms with Crippen molar-refractivity contribution < 1.29 is 9.53 Å². The molecule has 10 heteroatoms. The lowest BCUT2D eigenvalue weighted by molar-refractivity contribution is 0.140. The van der Waals surface area contributed by atoms with Crippen molar-refractivity contribution in [2.24, 2.45) is 5.41 Å². The third kappa shape index (κ3) is 7.86. The van der Waals surface area contributed by atoms with E-state index in [9.17, 15) is 4.79 Å². The largest absolute Gasteiger partial charge is 0.489 e. The Hall–Kier alpha value is -4.08. The number of nitrogens with one attached hydrogen (secondary N) is 4. The fraction of sp³-hybridized carbons (Fsp3) is 0.515. The molecule has 4 N–H and O–H groups in total. The topological polar surface area (TPSA) is 120 Å². The van der Waals surface area contributed by atoms with E-state index in [1.807, 2.05) is 74.7 Å². The zero-order valence-corrected chi connectivity index (χ0v) is 26.1. The Bertz CT molecular complexity index is 1450. The van der Waals surface area contributed by atoms with Gasteiger partial charge in [0.2, 0.25) is 5.95 Å². The van der Waals surface area contributed by atoms with Crippen molar-refractivity contribution in [1.82, 2.24) is 25.2 Å². The molecule has 1 saturated heterocycles. The minimum Gasteiger partial charge on any atom is -0.489 e. The highest BCUT2D eigenvalue weighted by Gasteiger charge is 2.26. The van der Waals surface area contributed by atoms with Gasteiger partial charge in [-0.2, -0.15) is 0 Å². The Kier molecular flexibility index (Phi) is 9.22. The summed E-state index contributed by atoms with van der Waals surface area (Å²) in [4.78, 5) is 15.4. The molecule has 2 aromatic heterocycles. The summed E-state index contributed by atoms with van der Waals surface area (Å²) in [6.45, 7) is 11.2. The van der Waals surface area contributed by atoms with E-state index >= 15 is 0 Å². The molecule has 1 atom stereocenters. The molecule has 0 bridgehead atoms. The minimum atomic E-state index is -0.344. The number of anilines is 2. The first-order valence-corrected chi connectivity index (χ1v) is 15.5. The van der Waals surface area contributed by atoms with Gasteiger partial charge in [-0.25, -0.2) is 4.79 Å². The molecule has 3 heterocycles. The third-order valence-electron chi connectivity index (χ3n) is 8.40. The lowest BCUT2D eigenvalue weighted by Gasteiger charge is -2.33. The van der Waals surface area contributed by atoms with Crippen LogP contribution in [-0.4, -0.2) is 51.1 Å². The average Bonchev–Trinajstić information content (AvgIpc) is 3.38. The summed E-state index contributed by atoms with van der Waals surface area (Å²) >= 11 is 0. The van der Waals surface area contributed by atoms with Gasteiger partial charge in [0.05, 0.1) is 12.3 Å². The van der Waals surface area contributed by atoms with Crippen LogP contribution in [0.1, 0.15) is 78.2 Å². The number of piperidine rings is 1. The van der Waals surface area contributed by atoms with E-state index in [0.717, 1.165) is 60.8 Å². The number of carbonyl (C=O) groups is 1. The minimum absolute atomic E-state index is 0.0510. The smallest absolute Gasteiger partial charge is 0.320 e. The number of aryl methyl sites for hydroxylation is 1. The van der Waals surface area contributed by atoms with Crippen LogP contribution >= 0.6 is 0 Å². The van der Waals surface area contributed by atoms with Gasteiger partial charge >= 0.3 is 6.03 Å². The standard InChI is InChI=1S/C33H46N8O2/c1-22-9-11-24(12-10-22)35-29(20-28(34)33(3,4)5)37-31(42)36-25-13-15-26(16-14-25)43-27-17-18-30-38-39-32(41(30)21-27)40-19-7-6-8-23(40)2/h9-12,17-18,20-21,23,25-26,34-35H,6-8,13-16,19H2,1-5H3,(H2,36,37,42)/b29-20+,34-28?/t23-,25-,26-/m0/s1. The lowest BCUT2D eigenvalue weighted by Crippen LogP contribution is -2.45. The number of carbonyl (C=O) groups excluding carboxylic acids is 1. The normalized spacial score (nSPS) is 21.4. The van der Waals surface area contributed by atoms with Crippen LogP contribution in [0.2, 0.25) is 0 Å². The predicted octanol–water partition coefficient (Wildman–Crippen LogP) is 6.43. The Balaban J connectivity index is 1.16. The van der Waals surface area contributed by atoms with Gasteiger partial charge in [-0.3, -0.25) is 9.72 Å². The Morgan fingerprint density at radius 1 is 1.02 bits per heavy atom. The number of fused-ring (bicyclic) bond motifs is 1. The molecule has 10 nitrogen and oxygen atoms in total. The van der Waals surface area contributed by atoms with Gasteiger partial charge in [0.1, 0.15) is 11.6 Å². The zero-order valence-electron chi connectivity index (χ0n) is 26.1. The van der Waals surface area contributed by atoms with Gasteiger partial charge in [-0.1, -0.05) is 38.5 Å². The van der Waals surface area contributed by atoms with Crippen LogP contribution in [-0.2, 0) is 0 Å². The number of hydrogen-bond donors (Lipinski definition) is 4. The summed E-state index contributed by atoms with van der Waals surface area (Å²) in [7, 11) is 0. The maximum Gasteiger partial charge on any atom is 0.320 e. The van der Waals surface area contributed by atoms with E-state index in [-0.39, 0.29) is 23.6 Å². The van der Waals surface area contributed by atoms with Gasteiger partial charge < -0.3 is 25.7 Å². The SMILES string of the molecule is Cc1ccc(N/C(=C\C(=N)C(C)(C)C)NC(=O)N[C@H]2CC[C@H](Oc3ccc4nnc(N5CCCC[C@@H]5C)n4c3)CC2)cc1. The monoisotopic (exact) mass is 586 g/mol. The van der Waals surface area contributed by atoms with Crippen molar-refractivity contribution in [2.75, 3.05) is 16.8 Å². The van der Waals surface area contributed by atoms with Gasteiger partial charge in [0, 0.05) is 41.5 Å². The van der Waals surface area contributed by atoms with Crippen LogP contribution < -0.4 is 25.6 Å². The van der Waals surface area contributed by atoms with E-state index in [4.69, 9.17) is 10.1 Å². The van der Waals surface area contributed by atoms with Crippen molar-refractivity contribution in [2.45, 2.75) is 97.8 Å². The number of hydrogen-bond acceptors (Lipinski definition) is 7. The summed E-state index contributed by atoms with van der Waals surface area (Å²) in [6, 6.07) is 12.1. The molecule has 1 saturated carbocycles. The summed E-state index contributed by atoms with van der Waals surface area (Å²) in [5, 5.41) is 26.7. The molecular weight excluding hydrogens is 540 g/mol. The molecule has 2 fully saturated rings. The summed E-state index contributed by atoms with van der Waals surface area (Å²) in [6.07, 6.45) is 10.7. The van der Waals surface area contributed by atoms with Crippen molar-refractivity contribution >= 4 is 29.0 Å². The fourth-order valence-corrected chi connectivity index (χ4v) is 5.64. The van der Waals surface area contributed by atoms with E-state index in [1.54, 1.807) is 6.08 Å². The van der Waals surface area contributed by atoms with Gasteiger partial charge in [0.15, 0.2) is 5.65 Å². The zero-order chi connectivity index (χ0) is 30.6. The summed E-state index contributed by atoms with van der Waals surface area (Å²) in [5.41, 5.74) is 2.89. The number of benzene rings is 1. The lowest BCUT2D eigenvalue weighted by atomic mass is 9.90. The van der Waals surface area contributed by atoms with Crippen molar-refractivity contribution in [1.29, 1.82) is 5.41 Å². The Morgan fingerprint density at radius 3 is 2.47 bits per heavy atom. The highest BCUT2D eigenvalue weighted by molar-refractivity contribution is 5.97. The molecular formula is C33H46N8O2. The first-order chi connectivity index (χ1) is 20.5. The number of rotatable bonds is 8. The fourth-order valence-electron chi connectivity index (χ4n) is 5.64. The highest BCUT2D eigenvalue weighted by Crippen LogP contribution is 2.28. The third-order valence-corrected chi connectivity index (χ3v) is 8.40. The van der Waals surface area contributed by atoms with Gasteiger partial charge in [-0.15, -0.1) is 10.2 Å². The number of urea groups is 1. The molecule has 2 amide bonds. The molecule has 230 valence electrons. The van der Waals surface area contributed by atoms with E-state index < -0.39 is 0 Å². The van der Waals surface area contributed by atoms with Crippen LogP contribution in [0.25, 0.3) is 5.65 Å². The van der Waals surface area contributed by atoms with Crippen LogP contribution in [0.5, 0.6) is 5.75 Å². The van der Waals surface area contributed by atoms with Crippen LogP contribution in [0.4, 0.5) is 16.4 Å². The maximum absolute atomic E-state index is 13.0. The van der Waals surface area contributed by atoms with E-state index in [0.29, 0.717) is 17.6 Å². The number of pyridine rings is 1. The van der Waals surface area contributed by atoms with Crippen LogP contribution in [0.15, 0.2) is 54.5 Å². The number of nitrogens with zero attached hydrogens (tertiary/aromatic N) is 4. The second-order valence-electron chi connectivity index (χ2n) is 13.0. The molecule has 0 unspecified atom stereocenters. The van der Waals surface area contributed by atoms with Crippen molar-refractivity contribution in [3.8, 4) is 5.75 Å². The van der Waals surface area contributed by atoms with Gasteiger partial charge in [-0.05, 0) is 83.1 Å². The number of ether oxygens (including phenoxy) is 1. The average molecular weight is 587 g/mol. The van der Waals surface area contributed by atoms with E-state index in [1.165, 1.54) is 19.3 Å². The molecule has 1 aliphatic carbocycles. The molecule has 0 radical (unpaired) electrons. The predicted molar refractivity (Wildman–Crippen MR) is 172 cm³/mol. The van der Waals surface area contributed by atoms with Gasteiger partial charge in [0.25, 0.3) is 0 Å². The quantitative estimate of drug-likeness (QED) is 0.226. The molecule has 1 aromatic carbocycles. The maximum atomic E-state index is 13.0. The number of aromatic nitrogens is 3. The van der Waals surface area contributed by atoms with Crippen LogP contribution in [0, 0.1) is 17.7 Å². The number of amides is 2. The van der Waals surface area contributed by atoms with Crippen molar-refractivity contribution in [3.63, 3.8) is 0 Å². The van der Waals surface area contributed by atoms with Crippen molar-refractivity contribution in [3.05, 3.63) is 60.1 Å². The summed E-state index contributed by atoms with van der Waals surface area (Å²) < 4.78 is 8.45. The highest BCUT2D eigenvalue weighted by atomic mass is 16.5.